The van der Waals surface area contributed by atoms with Crippen LogP contribution in [0, 0.1) is 0 Å². The molecule has 0 aromatic heterocycles. The fourth-order valence-corrected chi connectivity index (χ4v) is 6.90. The van der Waals surface area contributed by atoms with Crippen LogP contribution in [0.15, 0.2) is 24.3 Å². The SMILES string of the molecule is C[Se]c1ccccc1[As](C)C. The van der Waals surface area contributed by atoms with Gasteiger partial charge >= 0.3 is 79.9 Å². The molecule has 0 saturated heterocycles. The Morgan fingerprint density at radius 1 is 1.18 bits per heavy atom. The van der Waals surface area contributed by atoms with E-state index >= 15 is 0 Å². The van der Waals surface area contributed by atoms with Crippen LogP contribution in [0.5, 0.6) is 0 Å². The van der Waals surface area contributed by atoms with E-state index in [2.05, 4.69) is 41.5 Å². The van der Waals surface area contributed by atoms with Crippen molar-refractivity contribution in [3.05, 3.63) is 24.3 Å². The number of hydrogen-bond acceptors (Lipinski definition) is 0. The Bertz CT molecular complexity index is 233. The first-order valence-electron chi connectivity index (χ1n) is 3.56. The van der Waals surface area contributed by atoms with E-state index in [0.717, 1.165) is 0 Å². The van der Waals surface area contributed by atoms with Crippen molar-refractivity contribution in [3.8, 4) is 0 Å². The molecule has 0 N–H and O–H groups in total. The van der Waals surface area contributed by atoms with Gasteiger partial charge in [-0.2, -0.15) is 0 Å². The molecule has 1 rings (SSSR count). The minimum atomic E-state index is -0.632. The third-order valence-electron chi connectivity index (χ3n) is 1.57. The summed E-state index contributed by atoms with van der Waals surface area (Å²) in [7, 11) is 0. The van der Waals surface area contributed by atoms with Gasteiger partial charge in [-0.3, -0.25) is 0 Å². The first kappa shape index (κ1) is 9.39. The molecule has 0 radical (unpaired) electrons. The predicted molar refractivity (Wildman–Crippen MR) is 54.8 cm³/mol. The quantitative estimate of drug-likeness (QED) is 0.707. The summed E-state index contributed by atoms with van der Waals surface area (Å²) in [6.45, 7) is 0. The van der Waals surface area contributed by atoms with Crippen LogP contribution in [0.2, 0.25) is 17.2 Å². The van der Waals surface area contributed by atoms with Crippen LogP contribution in [-0.4, -0.2) is 29.6 Å². The van der Waals surface area contributed by atoms with Crippen LogP contribution in [-0.2, 0) is 0 Å². The van der Waals surface area contributed by atoms with Crippen molar-refractivity contribution in [3.63, 3.8) is 0 Å². The Labute approximate surface area is 79.8 Å². The van der Waals surface area contributed by atoms with Gasteiger partial charge in [0, 0.05) is 0 Å². The van der Waals surface area contributed by atoms with Crippen LogP contribution in [0.3, 0.4) is 0 Å². The normalized spacial score (nSPS) is 10.5. The molecule has 0 saturated carbocycles. The molecule has 11 heavy (non-hydrogen) atoms. The van der Waals surface area contributed by atoms with Gasteiger partial charge in [0.05, 0.1) is 0 Å². The van der Waals surface area contributed by atoms with Crippen molar-refractivity contribution in [2.45, 2.75) is 17.2 Å². The molecule has 0 amide bonds. The Kier molecular flexibility index (Phi) is 3.72. The first-order valence-corrected chi connectivity index (χ1v) is 10.8. The van der Waals surface area contributed by atoms with Gasteiger partial charge in [0.25, 0.3) is 0 Å². The maximum atomic E-state index is 2.40. The Morgan fingerprint density at radius 3 is 2.27 bits per heavy atom. The Balaban J connectivity index is 3.02. The molecule has 0 nitrogen and oxygen atoms in total. The fourth-order valence-electron chi connectivity index (χ4n) is 0.999. The zero-order valence-electron chi connectivity index (χ0n) is 7.16. The molecule has 60 valence electrons. The summed E-state index contributed by atoms with van der Waals surface area (Å²) in [6, 6.07) is 8.91. The van der Waals surface area contributed by atoms with E-state index in [0.29, 0.717) is 15.0 Å². The molecule has 0 aliphatic rings. The molecular formula is C9H13AsSe. The summed E-state index contributed by atoms with van der Waals surface area (Å²) in [4.78, 5) is 0. The molecule has 0 aliphatic carbocycles. The van der Waals surface area contributed by atoms with Gasteiger partial charge < -0.3 is 0 Å². The minimum absolute atomic E-state index is 0.632. The van der Waals surface area contributed by atoms with Gasteiger partial charge in [-0.05, 0) is 0 Å². The van der Waals surface area contributed by atoms with Crippen molar-refractivity contribution >= 4 is 38.4 Å². The van der Waals surface area contributed by atoms with Gasteiger partial charge in [-0.1, -0.05) is 0 Å². The molecule has 0 fully saturated rings. The Morgan fingerprint density at radius 2 is 1.82 bits per heavy atom. The van der Waals surface area contributed by atoms with Gasteiger partial charge in [0.15, 0.2) is 0 Å². The van der Waals surface area contributed by atoms with Gasteiger partial charge in [0.2, 0.25) is 0 Å². The van der Waals surface area contributed by atoms with E-state index < -0.39 is 14.7 Å². The molecule has 0 heterocycles. The second kappa shape index (κ2) is 4.35. The average Bonchev–Trinajstić information content (AvgIpc) is 2.04. The first-order chi connectivity index (χ1) is 5.25. The second-order valence-corrected chi connectivity index (χ2v) is 9.11. The van der Waals surface area contributed by atoms with Crippen molar-refractivity contribution in [2.75, 3.05) is 0 Å². The van der Waals surface area contributed by atoms with E-state index in [9.17, 15) is 0 Å². The molecule has 0 aliphatic heterocycles. The molecule has 0 spiro atoms. The van der Waals surface area contributed by atoms with Crippen molar-refractivity contribution in [1.29, 1.82) is 0 Å². The predicted octanol–water partition coefficient (Wildman–Crippen LogP) is 1.03. The Hall–Kier alpha value is 0.298. The van der Waals surface area contributed by atoms with E-state index in [1.807, 2.05) is 0 Å². The monoisotopic (exact) mass is 276 g/mol. The van der Waals surface area contributed by atoms with Crippen molar-refractivity contribution in [2.24, 2.45) is 0 Å². The van der Waals surface area contributed by atoms with Crippen LogP contribution >= 0.6 is 0 Å². The zero-order chi connectivity index (χ0) is 8.27. The van der Waals surface area contributed by atoms with Crippen LogP contribution in [0.25, 0.3) is 0 Å². The van der Waals surface area contributed by atoms with Crippen LogP contribution in [0.1, 0.15) is 0 Å². The standard InChI is InChI=1S/C9H13AsSe/c1-10(2)8-6-4-5-7-9(8)11-3/h4-7H,1-3H3. The van der Waals surface area contributed by atoms with Gasteiger partial charge in [0.1, 0.15) is 0 Å². The van der Waals surface area contributed by atoms with E-state index in [-0.39, 0.29) is 0 Å². The molecule has 1 aromatic rings. The average molecular weight is 275 g/mol. The second-order valence-electron chi connectivity index (χ2n) is 2.57. The number of hydrogen-bond donors (Lipinski definition) is 0. The summed E-state index contributed by atoms with van der Waals surface area (Å²) in [5, 5.41) is 0. The molecule has 0 unspecified atom stereocenters. The summed E-state index contributed by atoms with van der Waals surface area (Å²) in [5.41, 5.74) is 4.80. The summed E-state index contributed by atoms with van der Waals surface area (Å²) in [6.07, 6.45) is 0. The van der Waals surface area contributed by atoms with Crippen LogP contribution < -0.4 is 8.81 Å². The van der Waals surface area contributed by atoms with Crippen molar-refractivity contribution in [1.82, 2.24) is 0 Å². The van der Waals surface area contributed by atoms with E-state index in [1.54, 1.807) is 8.81 Å². The molecule has 1 aromatic carbocycles. The van der Waals surface area contributed by atoms with Gasteiger partial charge in [-0.25, -0.2) is 0 Å². The van der Waals surface area contributed by atoms with E-state index in [1.165, 1.54) is 0 Å². The number of benzene rings is 1. The summed E-state index contributed by atoms with van der Waals surface area (Å²) in [5.74, 6) is 2.30. The third-order valence-corrected chi connectivity index (χ3v) is 6.81. The molecular weight excluding hydrogens is 262 g/mol. The fraction of sp³-hybridized carbons (Fsp3) is 0.333. The maximum absolute atomic E-state index is 2.40. The van der Waals surface area contributed by atoms with Crippen molar-refractivity contribution < 1.29 is 0 Å². The molecule has 0 bridgehead atoms. The summed E-state index contributed by atoms with van der Waals surface area (Å²) < 4.78 is 3.28. The van der Waals surface area contributed by atoms with Gasteiger partial charge in [-0.15, -0.1) is 0 Å². The topological polar surface area (TPSA) is 0 Å². The van der Waals surface area contributed by atoms with Crippen LogP contribution in [0.4, 0.5) is 0 Å². The zero-order valence-corrected chi connectivity index (χ0v) is 10.8. The van der Waals surface area contributed by atoms with E-state index in [4.69, 9.17) is 0 Å². The molecule has 2 heteroatoms. The summed E-state index contributed by atoms with van der Waals surface area (Å²) >= 11 is 0.0438. The molecule has 0 atom stereocenters. The third kappa shape index (κ3) is 2.37. The number of rotatable bonds is 2.